The summed E-state index contributed by atoms with van der Waals surface area (Å²) < 4.78 is 0. The van der Waals surface area contributed by atoms with E-state index in [-0.39, 0.29) is 11.8 Å². The van der Waals surface area contributed by atoms with Gasteiger partial charge in [-0.1, -0.05) is 36.4 Å². The van der Waals surface area contributed by atoms with Gasteiger partial charge in [0, 0.05) is 38.1 Å². The molecule has 182 valence electrons. The van der Waals surface area contributed by atoms with E-state index in [1.54, 1.807) is 0 Å². The fourth-order valence-electron chi connectivity index (χ4n) is 6.06. The number of carbonyl (C=O) groups excluding carboxylic acids is 2. The first-order chi connectivity index (χ1) is 16.7. The molecular formula is C28H37N3O2S. The van der Waals surface area contributed by atoms with E-state index in [2.05, 4.69) is 40.1 Å². The molecule has 2 amide bonds. The Labute approximate surface area is 207 Å². The fourth-order valence-corrected chi connectivity index (χ4v) is 6.76. The summed E-state index contributed by atoms with van der Waals surface area (Å²) in [5.74, 6) is 1.48. The van der Waals surface area contributed by atoms with Crippen LogP contribution in [0.15, 0.2) is 47.8 Å². The zero-order valence-electron chi connectivity index (χ0n) is 20.1. The highest BCUT2D eigenvalue weighted by molar-refractivity contribution is 7.12. The molecule has 3 saturated heterocycles. The number of amides is 2. The van der Waals surface area contributed by atoms with Crippen LogP contribution in [-0.4, -0.2) is 71.8 Å². The van der Waals surface area contributed by atoms with Crippen molar-refractivity contribution in [2.75, 3.05) is 39.3 Å². The predicted octanol–water partition coefficient (Wildman–Crippen LogP) is 4.55. The van der Waals surface area contributed by atoms with Gasteiger partial charge in [-0.2, -0.15) is 0 Å². The first-order valence-electron chi connectivity index (χ1n) is 13.1. The molecule has 3 aliphatic rings. The highest BCUT2D eigenvalue weighted by Crippen LogP contribution is 2.28. The number of likely N-dealkylation sites (tertiary alicyclic amines) is 3. The van der Waals surface area contributed by atoms with E-state index < -0.39 is 0 Å². The topological polar surface area (TPSA) is 43.9 Å². The van der Waals surface area contributed by atoms with Crippen molar-refractivity contribution in [3.63, 3.8) is 0 Å². The summed E-state index contributed by atoms with van der Waals surface area (Å²) in [6, 6.07) is 15.2. The Bertz CT molecular complexity index is 924. The average molecular weight is 480 g/mol. The van der Waals surface area contributed by atoms with Crippen LogP contribution < -0.4 is 0 Å². The van der Waals surface area contributed by atoms with Crippen LogP contribution in [0.25, 0.3) is 0 Å². The third-order valence-corrected chi connectivity index (χ3v) is 9.03. The van der Waals surface area contributed by atoms with Crippen LogP contribution in [0.1, 0.15) is 53.8 Å². The Hall–Kier alpha value is -2.18. The van der Waals surface area contributed by atoms with E-state index >= 15 is 0 Å². The molecule has 0 bridgehead atoms. The third-order valence-electron chi connectivity index (χ3n) is 8.17. The molecule has 0 saturated carbocycles. The molecule has 3 fully saturated rings. The van der Waals surface area contributed by atoms with Crippen molar-refractivity contribution < 1.29 is 9.59 Å². The average Bonchev–Trinajstić information content (AvgIpc) is 3.44. The summed E-state index contributed by atoms with van der Waals surface area (Å²) in [5.41, 5.74) is 1.42. The minimum Gasteiger partial charge on any atom is -0.342 e. The number of carbonyl (C=O) groups is 2. The lowest BCUT2D eigenvalue weighted by Gasteiger charge is -2.42. The fraction of sp³-hybridized carbons (Fsp3) is 0.571. The molecule has 6 heteroatoms. The van der Waals surface area contributed by atoms with Gasteiger partial charge in [-0.05, 0) is 81.0 Å². The highest BCUT2D eigenvalue weighted by atomic mass is 32.1. The van der Waals surface area contributed by atoms with Gasteiger partial charge in [-0.15, -0.1) is 11.3 Å². The normalized spacial score (nSPS) is 21.6. The smallest absolute Gasteiger partial charge is 0.263 e. The summed E-state index contributed by atoms with van der Waals surface area (Å²) in [4.78, 5) is 33.4. The number of piperidine rings is 3. The molecular weight excluding hydrogens is 442 g/mol. The molecule has 0 spiro atoms. The van der Waals surface area contributed by atoms with Crippen LogP contribution >= 0.6 is 11.3 Å². The summed E-state index contributed by atoms with van der Waals surface area (Å²) >= 11 is 1.53. The second-order valence-electron chi connectivity index (χ2n) is 10.3. The molecule has 3 aliphatic heterocycles. The van der Waals surface area contributed by atoms with E-state index in [9.17, 15) is 9.59 Å². The molecule has 1 aromatic heterocycles. The maximum atomic E-state index is 13.2. The predicted molar refractivity (Wildman–Crippen MR) is 137 cm³/mol. The maximum Gasteiger partial charge on any atom is 0.263 e. The van der Waals surface area contributed by atoms with Gasteiger partial charge in [-0.3, -0.25) is 9.59 Å². The van der Waals surface area contributed by atoms with Crippen LogP contribution in [0, 0.1) is 11.8 Å². The van der Waals surface area contributed by atoms with E-state index in [4.69, 9.17) is 0 Å². The SMILES string of the molecule is O=C(c1cccs1)N1CCC(N2CCC(C(=O)N3CCC(Cc4ccccc4)CC3)CC2)CC1. The molecule has 2 aromatic rings. The van der Waals surface area contributed by atoms with Crippen LogP contribution in [0.3, 0.4) is 0 Å². The van der Waals surface area contributed by atoms with Crippen LogP contribution in [0.4, 0.5) is 0 Å². The molecule has 5 rings (SSSR count). The van der Waals surface area contributed by atoms with Crippen molar-refractivity contribution in [3.8, 4) is 0 Å². The van der Waals surface area contributed by atoms with Crippen molar-refractivity contribution in [2.45, 2.75) is 51.0 Å². The van der Waals surface area contributed by atoms with Gasteiger partial charge in [-0.25, -0.2) is 0 Å². The minimum atomic E-state index is 0.185. The molecule has 34 heavy (non-hydrogen) atoms. The van der Waals surface area contributed by atoms with Crippen LogP contribution in [0.5, 0.6) is 0 Å². The molecule has 5 nitrogen and oxygen atoms in total. The van der Waals surface area contributed by atoms with Crippen molar-refractivity contribution in [1.29, 1.82) is 0 Å². The Kier molecular flexibility index (Phi) is 7.65. The molecule has 0 aliphatic carbocycles. The van der Waals surface area contributed by atoms with Crippen LogP contribution in [0.2, 0.25) is 0 Å². The first kappa shape index (κ1) is 23.6. The Morgan fingerprint density at radius 1 is 0.765 bits per heavy atom. The van der Waals surface area contributed by atoms with E-state index in [1.807, 2.05) is 22.4 Å². The quantitative estimate of drug-likeness (QED) is 0.632. The van der Waals surface area contributed by atoms with Gasteiger partial charge in [0.1, 0.15) is 0 Å². The molecule has 1 aromatic carbocycles. The van der Waals surface area contributed by atoms with Crippen molar-refractivity contribution in [2.24, 2.45) is 11.8 Å². The molecule has 0 unspecified atom stereocenters. The van der Waals surface area contributed by atoms with Gasteiger partial charge in [0.05, 0.1) is 4.88 Å². The maximum absolute atomic E-state index is 13.2. The van der Waals surface area contributed by atoms with E-state index in [0.717, 1.165) is 89.1 Å². The van der Waals surface area contributed by atoms with Gasteiger partial charge >= 0.3 is 0 Å². The second kappa shape index (κ2) is 11.0. The Morgan fingerprint density at radius 2 is 1.44 bits per heavy atom. The number of rotatable bonds is 5. The van der Waals surface area contributed by atoms with Gasteiger partial charge in [0.15, 0.2) is 0 Å². The molecule has 4 heterocycles. The van der Waals surface area contributed by atoms with E-state index in [1.165, 1.54) is 16.9 Å². The van der Waals surface area contributed by atoms with Crippen molar-refractivity contribution >= 4 is 23.2 Å². The number of thiophene rings is 1. The lowest BCUT2D eigenvalue weighted by atomic mass is 9.88. The highest BCUT2D eigenvalue weighted by Gasteiger charge is 2.34. The van der Waals surface area contributed by atoms with Gasteiger partial charge in [0.25, 0.3) is 5.91 Å². The number of hydrogen-bond acceptors (Lipinski definition) is 4. The lowest BCUT2D eigenvalue weighted by Crippen LogP contribution is -2.51. The first-order valence-corrected chi connectivity index (χ1v) is 13.9. The summed E-state index contributed by atoms with van der Waals surface area (Å²) in [6.07, 6.45) is 7.45. The second-order valence-corrected chi connectivity index (χ2v) is 11.2. The third kappa shape index (κ3) is 5.55. The lowest BCUT2D eigenvalue weighted by molar-refractivity contribution is -0.138. The molecule has 0 atom stereocenters. The number of hydrogen-bond donors (Lipinski definition) is 0. The minimum absolute atomic E-state index is 0.185. The zero-order chi connectivity index (χ0) is 23.3. The van der Waals surface area contributed by atoms with Crippen molar-refractivity contribution in [3.05, 3.63) is 58.3 Å². The van der Waals surface area contributed by atoms with Crippen LogP contribution in [-0.2, 0) is 11.2 Å². The summed E-state index contributed by atoms with van der Waals surface area (Å²) in [5, 5.41) is 1.97. The number of benzene rings is 1. The molecule has 0 radical (unpaired) electrons. The largest absolute Gasteiger partial charge is 0.342 e. The van der Waals surface area contributed by atoms with Gasteiger partial charge in [0.2, 0.25) is 5.91 Å². The Balaban J connectivity index is 1.03. The number of nitrogens with zero attached hydrogens (tertiary/aromatic N) is 3. The van der Waals surface area contributed by atoms with E-state index in [0.29, 0.717) is 17.9 Å². The standard InChI is InChI=1S/C28H37N3O2S/c32-27(30-14-8-23(9-15-30)21-22-5-2-1-3-6-22)24-10-16-29(17-11-24)25-12-18-31(19-13-25)28(33)26-7-4-20-34-26/h1-7,20,23-25H,8-19,21H2. The zero-order valence-corrected chi connectivity index (χ0v) is 20.9. The Morgan fingerprint density at radius 3 is 2.09 bits per heavy atom. The van der Waals surface area contributed by atoms with Crippen molar-refractivity contribution in [1.82, 2.24) is 14.7 Å². The summed E-state index contributed by atoms with van der Waals surface area (Å²) in [6.45, 7) is 5.58. The molecule has 0 N–H and O–H groups in total. The summed E-state index contributed by atoms with van der Waals surface area (Å²) in [7, 11) is 0. The monoisotopic (exact) mass is 479 g/mol. The van der Waals surface area contributed by atoms with Gasteiger partial charge < -0.3 is 14.7 Å².